The summed E-state index contributed by atoms with van der Waals surface area (Å²) >= 11 is 4.58. The Bertz CT molecular complexity index is 1580. The molecule has 12 unspecified atom stereocenters. The van der Waals surface area contributed by atoms with Gasteiger partial charge in [-0.15, -0.1) is 0 Å². The van der Waals surface area contributed by atoms with E-state index in [1.807, 2.05) is 5.16 Å². The highest BCUT2D eigenvalue weighted by molar-refractivity contribution is 7.78. The molecule has 294 valence electrons. The zero-order valence-electron chi connectivity index (χ0n) is 29.7. The summed E-state index contributed by atoms with van der Waals surface area (Å²) in [5, 5.41) is 76.8. The van der Waals surface area contributed by atoms with Gasteiger partial charge in [-0.05, 0) is 39.4 Å². The zero-order valence-corrected chi connectivity index (χ0v) is 30.5. The monoisotopic (exact) mass is 772 g/mol. The Morgan fingerprint density at radius 1 is 1.17 bits per heavy atom. The number of thiocarbonyl (C=S) groups is 1. The molecule has 3 rings (SSSR count). The number of aliphatic carboxylic acids is 1. The Kier molecular flexibility index (Phi) is 14.3. The average Bonchev–Trinajstić information content (AvgIpc) is 3.08. The number of aliphatic imine (C=N–C) groups is 1. The van der Waals surface area contributed by atoms with E-state index in [-0.39, 0.29) is 5.70 Å². The number of hydrogen-bond donors (Lipinski definition) is 7. The van der Waals surface area contributed by atoms with Crippen LogP contribution in [0.2, 0.25) is 0 Å². The number of esters is 3. The van der Waals surface area contributed by atoms with Crippen LogP contribution in [0.5, 0.6) is 0 Å². The third kappa shape index (κ3) is 8.88. The van der Waals surface area contributed by atoms with Gasteiger partial charge in [0.05, 0.1) is 29.7 Å². The lowest BCUT2D eigenvalue weighted by molar-refractivity contribution is -0.343. The molecular formula is C33H44N2O17S. The fourth-order valence-electron chi connectivity index (χ4n) is 6.20. The van der Waals surface area contributed by atoms with Crippen LogP contribution in [0.25, 0.3) is 0 Å². The number of isothiocyanates is 1. The summed E-state index contributed by atoms with van der Waals surface area (Å²) in [5.41, 5.74) is -8.05. The number of allylic oxidation sites excluding steroid dienone is 1. The largest absolute Gasteiger partial charge is 0.508 e. The predicted octanol–water partition coefficient (Wildman–Crippen LogP) is -0.194. The molecule has 0 aromatic heterocycles. The van der Waals surface area contributed by atoms with Crippen LogP contribution < -0.4 is 0 Å². The van der Waals surface area contributed by atoms with Crippen LogP contribution in [0.3, 0.4) is 0 Å². The maximum absolute atomic E-state index is 13.2. The van der Waals surface area contributed by atoms with E-state index in [0.29, 0.717) is 6.42 Å². The molecule has 2 fully saturated rings. The van der Waals surface area contributed by atoms with Crippen molar-refractivity contribution in [2.45, 2.75) is 127 Å². The fourth-order valence-corrected chi connectivity index (χ4v) is 6.30. The summed E-state index contributed by atoms with van der Waals surface area (Å²) < 4.78 is 33.9. The Morgan fingerprint density at radius 3 is 2.34 bits per heavy atom. The number of rotatable bonds is 13. The van der Waals surface area contributed by atoms with Gasteiger partial charge in [0.1, 0.15) is 54.2 Å². The standard InChI is InChI=1S/C33H44N2O17S/c1-7-13(3)30(43)49-15(5)33(46)14(4)48-21(9-20(33)38)51-26-24(39)28(32(45)10-18(37)23(34)22(27(32)40)29(41)42)50-19(11-47-16(6)36)25(26)52-31(44)17(8-2)35-12-53/h8,13-15,19-21,24-26,28,34,38-40,45-46H,7,9-11H2,1-6H3,(H,41,42)/b17-8+,34-23?. The summed E-state index contributed by atoms with van der Waals surface area (Å²) in [6.07, 6.45) is -16.0. The Hall–Kier alpha value is -3.98. The van der Waals surface area contributed by atoms with E-state index in [1.165, 1.54) is 26.8 Å². The molecule has 20 heteroatoms. The van der Waals surface area contributed by atoms with Gasteiger partial charge in [-0.3, -0.25) is 19.8 Å². The molecule has 2 saturated heterocycles. The first kappa shape index (κ1) is 43.4. The van der Waals surface area contributed by atoms with E-state index in [2.05, 4.69) is 17.2 Å². The van der Waals surface area contributed by atoms with Crippen LogP contribution in [0.15, 0.2) is 28.1 Å². The van der Waals surface area contributed by atoms with Crippen molar-refractivity contribution in [3.05, 3.63) is 23.1 Å². The number of carboxylic acids is 1. The van der Waals surface area contributed by atoms with Crippen molar-refractivity contribution in [2.75, 3.05) is 6.61 Å². The Labute approximate surface area is 308 Å². The number of ether oxygens (including phenoxy) is 6. The highest BCUT2D eigenvalue weighted by atomic mass is 32.1. The van der Waals surface area contributed by atoms with Gasteiger partial charge in [-0.2, -0.15) is 4.99 Å². The number of ketones is 1. The van der Waals surface area contributed by atoms with Crippen LogP contribution in [-0.2, 0) is 52.4 Å². The maximum atomic E-state index is 13.2. The molecule has 12 atom stereocenters. The highest BCUT2D eigenvalue weighted by Gasteiger charge is 2.61. The second-order valence-corrected chi connectivity index (χ2v) is 13.1. The van der Waals surface area contributed by atoms with Crippen LogP contribution in [0.1, 0.15) is 60.8 Å². The Balaban J connectivity index is 2.11. The van der Waals surface area contributed by atoms with Crippen molar-refractivity contribution in [3.63, 3.8) is 0 Å². The lowest BCUT2D eigenvalue weighted by atomic mass is 9.74. The molecule has 1 aliphatic carbocycles. The first-order valence-corrected chi connectivity index (χ1v) is 16.9. The number of carbonyl (C=O) groups excluding carboxylic acids is 4. The van der Waals surface area contributed by atoms with Gasteiger partial charge in [-0.25, -0.2) is 9.59 Å². The summed E-state index contributed by atoms with van der Waals surface area (Å²) in [5.74, 6) is -7.86. The second-order valence-electron chi connectivity index (χ2n) is 12.9. The number of aliphatic hydroxyl groups is 5. The summed E-state index contributed by atoms with van der Waals surface area (Å²) in [6, 6.07) is 0. The number of nitrogens with one attached hydrogen (secondary N) is 1. The summed E-state index contributed by atoms with van der Waals surface area (Å²) in [4.78, 5) is 65.9. The van der Waals surface area contributed by atoms with E-state index in [1.54, 1.807) is 13.8 Å². The maximum Gasteiger partial charge on any atom is 0.357 e. The molecule has 3 aliphatic rings. The van der Waals surface area contributed by atoms with E-state index < -0.39 is 138 Å². The SMILES string of the molecule is C/C=C(/N=C=S)C(=O)OC1C(COC(C)=O)OC(C2(O)CC(=O)C(=N)C(C(=O)O)=C2O)C(O)C1OC1CC(O)C(O)(C(C)OC(=O)C(C)CC)C(C)O1. The lowest BCUT2D eigenvalue weighted by Gasteiger charge is -2.51. The van der Waals surface area contributed by atoms with Crippen molar-refractivity contribution < 1.29 is 83.0 Å². The molecule has 0 spiro atoms. The molecule has 0 amide bonds. The topological polar surface area (TPSA) is 298 Å². The molecule has 19 nitrogen and oxygen atoms in total. The fraction of sp³-hybridized carbons (Fsp3) is 0.667. The third-order valence-electron chi connectivity index (χ3n) is 9.52. The number of carbonyl (C=O) groups is 5. The van der Waals surface area contributed by atoms with Crippen LogP contribution in [-0.4, -0.2) is 144 Å². The van der Waals surface area contributed by atoms with E-state index in [9.17, 15) is 54.6 Å². The Morgan fingerprint density at radius 2 is 1.81 bits per heavy atom. The molecule has 2 aliphatic heterocycles. The van der Waals surface area contributed by atoms with Crippen molar-refractivity contribution in [3.8, 4) is 0 Å². The summed E-state index contributed by atoms with van der Waals surface area (Å²) in [6.45, 7) is 7.70. The first-order valence-electron chi connectivity index (χ1n) is 16.5. The van der Waals surface area contributed by atoms with Crippen LogP contribution >= 0.6 is 12.2 Å². The van der Waals surface area contributed by atoms with Crippen molar-refractivity contribution in [2.24, 2.45) is 10.9 Å². The van der Waals surface area contributed by atoms with Gasteiger partial charge in [0.25, 0.3) is 0 Å². The van der Waals surface area contributed by atoms with Gasteiger partial charge >= 0.3 is 23.9 Å². The van der Waals surface area contributed by atoms with Crippen molar-refractivity contribution in [1.29, 1.82) is 5.41 Å². The number of Topliss-reactive ketones (excluding diaryl/α,β-unsaturated/α-hetero) is 1. The van der Waals surface area contributed by atoms with Gasteiger partial charge < -0.3 is 59.1 Å². The average molecular weight is 773 g/mol. The molecule has 0 aromatic rings. The molecular weight excluding hydrogens is 728 g/mol. The van der Waals surface area contributed by atoms with Crippen LogP contribution in [0.4, 0.5) is 0 Å². The van der Waals surface area contributed by atoms with E-state index in [0.717, 1.165) is 6.92 Å². The van der Waals surface area contributed by atoms with Gasteiger partial charge in [0.15, 0.2) is 35.1 Å². The lowest BCUT2D eigenvalue weighted by Crippen LogP contribution is -2.70. The van der Waals surface area contributed by atoms with Gasteiger partial charge in [0.2, 0.25) is 0 Å². The third-order valence-corrected chi connectivity index (χ3v) is 9.61. The van der Waals surface area contributed by atoms with Crippen molar-refractivity contribution in [1.82, 2.24) is 0 Å². The van der Waals surface area contributed by atoms with Gasteiger partial charge in [-0.1, -0.05) is 19.9 Å². The summed E-state index contributed by atoms with van der Waals surface area (Å²) in [7, 11) is 0. The zero-order chi connectivity index (χ0) is 40.2. The quantitative estimate of drug-likeness (QED) is 0.0419. The van der Waals surface area contributed by atoms with E-state index >= 15 is 0 Å². The normalized spacial score (nSPS) is 34.7. The minimum absolute atomic E-state index is 0.382. The minimum Gasteiger partial charge on any atom is -0.508 e. The van der Waals surface area contributed by atoms with Gasteiger partial charge in [0, 0.05) is 13.3 Å². The van der Waals surface area contributed by atoms with E-state index in [4.69, 9.17) is 33.8 Å². The minimum atomic E-state index is -3.05. The van der Waals surface area contributed by atoms with Crippen LogP contribution in [0, 0.1) is 11.3 Å². The smallest absolute Gasteiger partial charge is 0.357 e. The second kappa shape index (κ2) is 17.4. The molecule has 2 heterocycles. The predicted molar refractivity (Wildman–Crippen MR) is 179 cm³/mol. The number of carboxylic acid groups (broad SMARTS) is 1. The molecule has 0 aromatic carbocycles. The molecule has 0 bridgehead atoms. The molecule has 0 saturated carbocycles. The number of hydrogen-bond acceptors (Lipinski definition) is 19. The molecule has 0 radical (unpaired) electrons. The first-order chi connectivity index (χ1) is 24.7. The molecule has 53 heavy (non-hydrogen) atoms. The molecule has 7 N–H and O–H groups in total. The van der Waals surface area contributed by atoms with Crippen molar-refractivity contribution >= 4 is 52.8 Å². The number of nitrogens with zero attached hydrogens (tertiary/aromatic N) is 1. The highest BCUT2D eigenvalue weighted by Crippen LogP contribution is 2.42. The number of aliphatic hydroxyl groups excluding tert-OH is 3.